The Balaban J connectivity index is 0.000000612. The van der Waals surface area contributed by atoms with E-state index in [0.717, 1.165) is 24.0 Å². The molecule has 2 rings (SSSR count). The van der Waals surface area contributed by atoms with Gasteiger partial charge in [-0.2, -0.15) is 0 Å². The minimum atomic E-state index is -0.826. The first-order valence-electron chi connectivity index (χ1n) is 6.57. The summed E-state index contributed by atoms with van der Waals surface area (Å²) >= 11 is -0.826. The molecule has 0 saturated heterocycles. The van der Waals surface area contributed by atoms with Crippen molar-refractivity contribution in [2.24, 2.45) is 4.99 Å². The van der Waals surface area contributed by atoms with Crippen LogP contribution in [0.5, 0.6) is 5.75 Å². The number of aryl methyl sites for hydroxylation is 1. The number of nitrogens with one attached hydrogen (secondary N) is 1. The van der Waals surface area contributed by atoms with Gasteiger partial charge in [0.25, 0.3) is 0 Å². The molecule has 2 atom stereocenters. The maximum atomic E-state index is 9.87. The zero-order valence-electron chi connectivity index (χ0n) is 11.7. The predicted molar refractivity (Wildman–Crippen MR) is 82.6 cm³/mol. The number of halogens is 2. The van der Waals surface area contributed by atoms with Gasteiger partial charge in [-0.1, -0.05) is 12.1 Å². The Hall–Kier alpha value is 0.113. The second kappa shape index (κ2) is 9.94. The molecule has 1 saturated carbocycles. The number of hydrogen-bond donors (Lipinski definition) is 2. The van der Waals surface area contributed by atoms with Crippen LogP contribution in [-0.4, -0.2) is 30.5 Å². The molecule has 110 valence electrons. The molecule has 1 aliphatic rings. The van der Waals surface area contributed by atoms with Gasteiger partial charge in [-0.05, 0) is 44.9 Å². The Morgan fingerprint density at radius 1 is 1.40 bits per heavy atom. The molecule has 1 aromatic carbocycles. The summed E-state index contributed by atoms with van der Waals surface area (Å²) in [4.78, 5) is 4.57. The number of benzene rings is 1. The fraction of sp³-hybridized carbons (Fsp3) is 0.500. The quantitative estimate of drug-likeness (QED) is 0.769. The van der Waals surface area contributed by atoms with E-state index < -0.39 is 20.8 Å². The first-order chi connectivity index (χ1) is 9.62. The van der Waals surface area contributed by atoms with Crippen molar-refractivity contribution >= 4 is 23.2 Å². The first-order valence-corrected chi connectivity index (χ1v) is 12.9. The molecule has 3 nitrogen and oxygen atoms in total. The van der Waals surface area contributed by atoms with E-state index in [0.29, 0.717) is 17.8 Å². The Morgan fingerprint density at radius 2 is 2.10 bits per heavy atom. The molecule has 1 fully saturated rings. The molecule has 0 bridgehead atoms. The third kappa shape index (κ3) is 5.85. The van der Waals surface area contributed by atoms with Crippen LogP contribution >= 0.6 is 17.0 Å². The molecule has 1 aromatic rings. The topological polar surface area (TPSA) is 44.6 Å². The van der Waals surface area contributed by atoms with E-state index in [1.807, 2.05) is 38.4 Å². The fourth-order valence-corrected chi connectivity index (χ4v) is 2.33. The molecule has 0 spiro atoms. The van der Waals surface area contributed by atoms with Crippen LogP contribution in [0.1, 0.15) is 30.4 Å². The number of hydrogen-bond acceptors (Lipinski definition) is 3. The minimum absolute atomic E-state index is 0.347. The molecule has 2 unspecified atom stereocenters. The maximum absolute atomic E-state index is 9.87. The summed E-state index contributed by atoms with van der Waals surface area (Å²) < 4.78 is 0. The molecular weight excluding hydrogens is 374 g/mol. The Bertz CT molecular complexity index is 443. The third-order valence-corrected chi connectivity index (χ3v) is 3.51. The van der Waals surface area contributed by atoms with Gasteiger partial charge in [0, 0.05) is 17.8 Å². The average molecular weight is 394 g/mol. The SMILES string of the molecule is CNC1CCC(N=Cc2cccc(C)c2O)C1.[Cl][Zr][Cl]. The average Bonchev–Trinajstić information content (AvgIpc) is 2.89. The third-order valence-electron chi connectivity index (χ3n) is 3.51. The molecule has 2 N–H and O–H groups in total. The Kier molecular flexibility index (Phi) is 9.03. The molecule has 0 amide bonds. The van der Waals surface area contributed by atoms with Crippen LogP contribution < -0.4 is 5.32 Å². The summed E-state index contributed by atoms with van der Waals surface area (Å²) in [7, 11) is 11.9. The normalized spacial score (nSPS) is 21.6. The van der Waals surface area contributed by atoms with Crippen LogP contribution in [0.4, 0.5) is 0 Å². The summed E-state index contributed by atoms with van der Waals surface area (Å²) in [6.45, 7) is 1.90. The molecule has 0 aromatic heterocycles. The standard InChI is InChI=1S/C14H20N2O.2ClH.Zr/c1-10-4-3-5-11(14(10)17)9-16-13-7-6-12(8-13)15-2;;;/h3-5,9,12-13,15,17H,6-8H2,1-2H3;2*1H;/q;;;+2/p-2. The molecule has 1 aliphatic carbocycles. The molecular formula is C14H20Cl2N2OZr. The summed E-state index contributed by atoms with van der Waals surface area (Å²) in [6.07, 6.45) is 5.23. The summed E-state index contributed by atoms with van der Waals surface area (Å²) in [5, 5.41) is 13.2. The second-order valence-corrected chi connectivity index (χ2v) is 8.55. The van der Waals surface area contributed by atoms with Crippen LogP contribution in [0.2, 0.25) is 0 Å². The monoisotopic (exact) mass is 392 g/mol. The van der Waals surface area contributed by atoms with Crippen molar-refractivity contribution in [3.63, 3.8) is 0 Å². The van der Waals surface area contributed by atoms with Gasteiger partial charge in [0.15, 0.2) is 0 Å². The van der Waals surface area contributed by atoms with Gasteiger partial charge in [0.1, 0.15) is 5.75 Å². The zero-order valence-corrected chi connectivity index (χ0v) is 15.7. The van der Waals surface area contributed by atoms with E-state index in [1.165, 1.54) is 6.42 Å². The van der Waals surface area contributed by atoms with Crippen molar-refractivity contribution in [3.8, 4) is 5.75 Å². The first kappa shape index (κ1) is 18.2. The number of nitrogens with zero attached hydrogens (tertiary/aromatic N) is 1. The van der Waals surface area contributed by atoms with Crippen molar-refractivity contribution in [1.82, 2.24) is 5.32 Å². The van der Waals surface area contributed by atoms with Crippen LogP contribution in [0.25, 0.3) is 0 Å². The van der Waals surface area contributed by atoms with Gasteiger partial charge >= 0.3 is 37.9 Å². The number of aliphatic imine (C=N–C) groups is 1. The number of para-hydroxylation sites is 1. The number of aromatic hydroxyl groups is 1. The van der Waals surface area contributed by atoms with Crippen LogP contribution in [0.15, 0.2) is 23.2 Å². The van der Waals surface area contributed by atoms with Gasteiger partial charge in [-0.25, -0.2) is 0 Å². The zero-order chi connectivity index (χ0) is 15.0. The van der Waals surface area contributed by atoms with Gasteiger partial charge < -0.3 is 10.4 Å². The Labute approximate surface area is 139 Å². The molecule has 6 heteroatoms. The van der Waals surface area contributed by atoms with E-state index in [2.05, 4.69) is 10.3 Å². The fourth-order valence-electron chi connectivity index (χ4n) is 2.33. The number of rotatable bonds is 3. The summed E-state index contributed by atoms with van der Waals surface area (Å²) in [5.74, 6) is 0.347. The Morgan fingerprint density at radius 3 is 2.70 bits per heavy atom. The van der Waals surface area contributed by atoms with E-state index in [4.69, 9.17) is 17.0 Å². The molecule has 0 radical (unpaired) electrons. The van der Waals surface area contributed by atoms with Gasteiger partial charge in [0.05, 0.1) is 6.04 Å². The van der Waals surface area contributed by atoms with Gasteiger partial charge in [0.2, 0.25) is 0 Å². The van der Waals surface area contributed by atoms with Crippen molar-refractivity contribution in [1.29, 1.82) is 0 Å². The predicted octanol–water partition coefficient (Wildman–Crippen LogP) is 3.64. The van der Waals surface area contributed by atoms with E-state index in [-0.39, 0.29) is 0 Å². The van der Waals surface area contributed by atoms with Crippen molar-refractivity contribution in [2.45, 2.75) is 38.3 Å². The molecule has 20 heavy (non-hydrogen) atoms. The van der Waals surface area contributed by atoms with Crippen molar-refractivity contribution in [3.05, 3.63) is 29.3 Å². The van der Waals surface area contributed by atoms with Crippen LogP contribution in [0.3, 0.4) is 0 Å². The van der Waals surface area contributed by atoms with Crippen LogP contribution in [0, 0.1) is 6.92 Å². The van der Waals surface area contributed by atoms with Crippen LogP contribution in [-0.2, 0) is 20.8 Å². The van der Waals surface area contributed by atoms with Crippen molar-refractivity contribution in [2.75, 3.05) is 7.05 Å². The van der Waals surface area contributed by atoms with E-state index in [9.17, 15) is 5.11 Å². The number of phenolic OH excluding ortho intramolecular Hbond substituents is 1. The van der Waals surface area contributed by atoms with E-state index in [1.54, 1.807) is 0 Å². The second-order valence-electron chi connectivity index (χ2n) is 4.81. The summed E-state index contributed by atoms with van der Waals surface area (Å²) in [6, 6.07) is 6.74. The van der Waals surface area contributed by atoms with Crippen molar-refractivity contribution < 1.29 is 26.0 Å². The number of phenols is 1. The molecule has 0 aliphatic heterocycles. The summed E-state index contributed by atoms with van der Waals surface area (Å²) in [5.41, 5.74) is 1.71. The molecule has 0 heterocycles. The van der Waals surface area contributed by atoms with Gasteiger partial charge in [-0.15, -0.1) is 0 Å². The van der Waals surface area contributed by atoms with E-state index >= 15 is 0 Å². The van der Waals surface area contributed by atoms with Gasteiger partial charge in [-0.3, -0.25) is 4.99 Å².